The van der Waals surface area contributed by atoms with Crippen LogP contribution < -0.4 is 0 Å². The lowest BCUT2D eigenvalue weighted by molar-refractivity contribution is -0.0421. The van der Waals surface area contributed by atoms with Crippen LogP contribution in [-0.2, 0) is 18.3 Å². The van der Waals surface area contributed by atoms with Gasteiger partial charge in [0.2, 0.25) is 5.41 Å². The van der Waals surface area contributed by atoms with Gasteiger partial charge in [-0.2, -0.15) is 0 Å². The predicted molar refractivity (Wildman–Crippen MR) is 73.6 cm³/mol. The highest BCUT2D eigenvalue weighted by atomic mass is 28.4. The van der Waals surface area contributed by atoms with E-state index in [2.05, 4.69) is 6.92 Å². The normalized spacial score (nSPS) is 28.2. The van der Waals surface area contributed by atoms with Crippen LogP contribution >= 0.6 is 0 Å². The molecule has 0 spiro atoms. The first-order chi connectivity index (χ1) is 8.27. The zero-order valence-electron chi connectivity index (χ0n) is 12.8. The molecule has 0 saturated carbocycles. The summed E-state index contributed by atoms with van der Waals surface area (Å²) in [6, 6.07) is 0. The quantitative estimate of drug-likeness (QED) is 0.505. The minimum Gasteiger partial charge on any atom is -0.389 e. The van der Waals surface area contributed by atoms with Crippen molar-refractivity contribution < 1.29 is 18.3 Å². The van der Waals surface area contributed by atoms with Crippen molar-refractivity contribution in [3.8, 4) is 0 Å². The van der Waals surface area contributed by atoms with Crippen LogP contribution in [0.5, 0.6) is 0 Å². The Balaban J connectivity index is 2.86. The fraction of sp³-hybridized carbons (Fsp3) is 1.00. The van der Waals surface area contributed by atoms with Gasteiger partial charge in [0.15, 0.2) is 0 Å². The van der Waals surface area contributed by atoms with E-state index in [1.165, 1.54) is 0 Å². The van der Waals surface area contributed by atoms with Crippen LogP contribution in [0.3, 0.4) is 0 Å². The molecule has 1 saturated heterocycles. The average Bonchev–Trinajstić information content (AvgIpc) is 2.85. The molecule has 1 aliphatic rings. The van der Waals surface area contributed by atoms with Gasteiger partial charge in [-0.3, -0.25) is 0 Å². The Kier molecular flexibility index (Phi) is 5.38. The van der Waals surface area contributed by atoms with Crippen LogP contribution in [0.2, 0.25) is 6.55 Å². The first-order valence-corrected chi connectivity index (χ1v) is 9.26. The van der Waals surface area contributed by atoms with E-state index < -0.39 is 14.0 Å². The van der Waals surface area contributed by atoms with Gasteiger partial charge >= 0.3 is 8.56 Å². The first kappa shape index (κ1) is 16.1. The van der Waals surface area contributed by atoms with Crippen molar-refractivity contribution in [2.45, 2.75) is 78.2 Å². The molecule has 0 amide bonds. The van der Waals surface area contributed by atoms with Gasteiger partial charge in [0.1, 0.15) is 6.10 Å². The van der Waals surface area contributed by atoms with E-state index in [1.54, 1.807) is 0 Å². The molecular weight excluding hydrogens is 248 g/mol. The summed E-state index contributed by atoms with van der Waals surface area (Å²) in [6.45, 7) is 14.9. The summed E-state index contributed by atoms with van der Waals surface area (Å²) in [5.41, 5.74) is -0.627. The van der Waals surface area contributed by atoms with E-state index in [1.807, 2.05) is 41.2 Å². The van der Waals surface area contributed by atoms with Crippen LogP contribution in [0.1, 0.15) is 48.0 Å². The van der Waals surface area contributed by atoms with Gasteiger partial charge in [-0.1, -0.05) is 6.92 Å². The predicted octanol–water partition coefficient (Wildman–Crippen LogP) is 2.99. The second-order valence-corrected chi connectivity index (χ2v) is 8.61. The summed E-state index contributed by atoms with van der Waals surface area (Å²) in [5.74, 6) is 0. The SMILES string of the molecule is CCCOC1([Si](C)(OC(C)C)OC(C)C)OC1C. The van der Waals surface area contributed by atoms with Crippen LogP contribution in [0, 0.1) is 0 Å². The van der Waals surface area contributed by atoms with Crippen LogP contribution in [-0.4, -0.2) is 38.9 Å². The van der Waals surface area contributed by atoms with Gasteiger partial charge in [0.25, 0.3) is 0 Å². The van der Waals surface area contributed by atoms with Gasteiger partial charge in [0, 0.05) is 18.8 Å². The largest absolute Gasteiger partial charge is 0.400 e. The lowest BCUT2D eigenvalue weighted by Gasteiger charge is -2.35. The summed E-state index contributed by atoms with van der Waals surface area (Å²) < 4.78 is 23.9. The first-order valence-electron chi connectivity index (χ1n) is 6.94. The Morgan fingerprint density at radius 1 is 1.17 bits per heavy atom. The number of epoxide rings is 1. The minimum absolute atomic E-state index is 0.0539. The fourth-order valence-corrected chi connectivity index (χ4v) is 6.01. The minimum atomic E-state index is -2.54. The second kappa shape index (κ2) is 6.01. The standard InChI is InChI=1S/C13H28O4Si/c1-8-9-14-13(12(6)15-13)18(7,16-10(2)3)17-11(4)5/h10-12H,8-9H2,1-7H3. The lowest BCUT2D eigenvalue weighted by atomic mass is 10.5. The Morgan fingerprint density at radius 2 is 1.61 bits per heavy atom. The van der Waals surface area contributed by atoms with E-state index in [4.69, 9.17) is 18.3 Å². The molecule has 2 atom stereocenters. The maximum Gasteiger partial charge on any atom is 0.400 e. The van der Waals surface area contributed by atoms with Crippen molar-refractivity contribution in [2.24, 2.45) is 0 Å². The van der Waals surface area contributed by atoms with Crippen molar-refractivity contribution in [3.63, 3.8) is 0 Å². The summed E-state index contributed by atoms with van der Waals surface area (Å²) in [6.07, 6.45) is 1.24. The molecular formula is C13H28O4Si. The lowest BCUT2D eigenvalue weighted by Crippen LogP contribution is -2.58. The third-order valence-corrected chi connectivity index (χ3v) is 6.68. The van der Waals surface area contributed by atoms with Gasteiger partial charge in [0.05, 0.1) is 0 Å². The molecule has 0 aliphatic carbocycles. The number of hydrogen-bond acceptors (Lipinski definition) is 4. The third-order valence-electron chi connectivity index (χ3n) is 2.90. The van der Waals surface area contributed by atoms with Crippen molar-refractivity contribution in [1.82, 2.24) is 0 Å². The van der Waals surface area contributed by atoms with Gasteiger partial charge in [-0.15, -0.1) is 0 Å². The molecule has 2 unspecified atom stereocenters. The molecule has 0 radical (unpaired) electrons. The number of rotatable bonds is 8. The third kappa shape index (κ3) is 3.33. The highest BCUT2D eigenvalue weighted by Crippen LogP contribution is 2.47. The van der Waals surface area contributed by atoms with Crippen LogP contribution in [0.4, 0.5) is 0 Å². The maximum absolute atomic E-state index is 6.11. The Hall–Kier alpha value is 0.0569. The highest BCUT2D eigenvalue weighted by molar-refractivity contribution is 6.69. The molecule has 1 aliphatic heterocycles. The fourth-order valence-electron chi connectivity index (χ4n) is 2.33. The zero-order chi connectivity index (χ0) is 14.0. The molecule has 0 aromatic rings. The molecule has 108 valence electrons. The van der Waals surface area contributed by atoms with Gasteiger partial charge < -0.3 is 18.3 Å². The van der Waals surface area contributed by atoms with Crippen molar-refractivity contribution in [1.29, 1.82) is 0 Å². The smallest absolute Gasteiger partial charge is 0.389 e. The van der Waals surface area contributed by atoms with Crippen molar-refractivity contribution in [2.75, 3.05) is 6.61 Å². The van der Waals surface area contributed by atoms with Gasteiger partial charge in [-0.05, 0) is 47.6 Å². The van der Waals surface area contributed by atoms with E-state index in [-0.39, 0.29) is 18.3 Å². The summed E-state index contributed by atoms with van der Waals surface area (Å²) >= 11 is 0. The molecule has 0 aromatic heterocycles. The average molecular weight is 276 g/mol. The molecule has 4 nitrogen and oxygen atoms in total. The van der Waals surface area contributed by atoms with E-state index in [0.29, 0.717) is 6.61 Å². The van der Waals surface area contributed by atoms with Crippen LogP contribution in [0.15, 0.2) is 0 Å². The molecule has 1 heterocycles. The topological polar surface area (TPSA) is 40.2 Å². The summed E-state index contributed by atoms with van der Waals surface area (Å²) in [4.78, 5) is 0. The molecule has 0 bridgehead atoms. The van der Waals surface area contributed by atoms with Crippen molar-refractivity contribution in [3.05, 3.63) is 0 Å². The number of ether oxygens (including phenoxy) is 2. The molecule has 0 N–H and O–H groups in total. The molecule has 0 aromatic carbocycles. The van der Waals surface area contributed by atoms with Crippen LogP contribution in [0.25, 0.3) is 0 Å². The summed E-state index contributed by atoms with van der Waals surface area (Å²) in [5, 5.41) is 0. The molecule has 5 heteroatoms. The van der Waals surface area contributed by atoms with Crippen molar-refractivity contribution >= 4 is 8.56 Å². The molecule has 1 fully saturated rings. The van der Waals surface area contributed by atoms with E-state index in [9.17, 15) is 0 Å². The van der Waals surface area contributed by atoms with Gasteiger partial charge in [-0.25, -0.2) is 0 Å². The molecule has 18 heavy (non-hydrogen) atoms. The molecule has 1 rings (SSSR count). The highest BCUT2D eigenvalue weighted by Gasteiger charge is 2.72. The zero-order valence-corrected chi connectivity index (χ0v) is 13.8. The Morgan fingerprint density at radius 3 is 1.89 bits per heavy atom. The second-order valence-electron chi connectivity index (χ2n) is 5.55. The summed E-state index contributed by atoms with van der Waals surface area (Å²) in [7, 11) is -2.54. The Labute approximate surface area is 112 Å². The van der Waals surface area contributed by atoms with E-state index in [0.717, 1.165) is 6.42 Å². The number of hydrogen-bond donors (Lipinski definition) is 0. The van der Waals surface area contributed by atoms with E-state index >= 15 is 0 Å². The maximum atomic E-state index is 6.11. The Bertz CT molecular complexity index is 260. The monoisotopic (exact) mass is 276 g/mol.